The van der Waals surface area contributed by atoms with Crippen molar-refractivity contribution in [2.45, 2.75) is 19.0 Å². The van der Waals surface area contributed by atoms with Crippen LogP contribution in [0.4, 0.5) is 13.2 Å². The molecule has 19 heavy (non-hydrogen) atoms. The molecule has 1 N–H and O–H groups in total. The van der Waals surface area contributed by atoms with E-state index in [1.807, 2.05) is 0 Å². The summed E-state index contributed by atoms with van der Waals surface area (Å²) in [5.74, 6) is 1.48. The molecule has 2 aromatic rings. The quantitative estimate of drug-likeness (QED) is 0.914. The van der Waals surface area contributed by atoms with Crippen LogP contribution >= 0.6 is 0 Å². The number of nitrogens with zero attached hydrogens (tertiary/aromatic N) is 1. The molecule has 102 valence electrons. The minimum Gasteiger partial charge on any atom is -0.486 e. The molecule has 1 aliphatic heterocycles. The average molecular weight is 272 g/mol. The Kier molecular flexibility index (Phi) is 2.76. The molecule has 0 saturated heterocycles. The average Bonchev–Trinajstić information content (AvgIpc) is 2.74. The summed E-state index contributed by atoms with van der Waals surface area (Å²) in [4.78, 5) is 7.00. The summed E-state index contributed by atoms with van der Waals surface area (Å²) in [7, 11) is 0. The van der Waals surface area contributed by atoms with Gasteiger partial charge in [0.25, 0.3) is 0 Å². The number of alkyl halides is 3. The summed E-state index contributed by atoms with van der Waals surface area (Å²) in [6.07, 6.45) is -5.23. The highest BCUT2D eigenvalue weighted by atomic mass is 19.4. The van der Waals surface area contributed by atoms with Crippen molar-refractivity contribution in [1.82, 2.24) is 9.97 Å². The molecule has 0 amide bonds. The van der Waals surface area contributed by atoms with E-state index < -0.39 is 12.6 Å². The third-order valence-electron chi connectivity index (χ3n) is 2.84. The molecule has 0 spiro atoms. The maximum absolute atomic E-state index is 12.2. The molecule has 0 saturated carbocycles. The first-order chi connectivity index (χ1) is 9.01. The van der Waals surface area contributed by atoms with Crippen molar-refractivity contribution < 1.29 is 22.6 Å². The lowest BCUT2D eigenvalue weighted by Crippen LogP contribution is -2.15. The number of fused-ring (bicyclic) bond motifs is 2. The third kappa shape index (κ3) is 2.59. The van der Waals surface area contributed by atoms with Crippen LogP contribution < -0.4 is 9.47 Å². The molecule has 0 bridgehead atoms. The van der Waals surface area contributed by atoms with E-state index in [0.717, 1.165) is 0 Å². The summed E-state index contributed by atoms with van der Waals surface area (Å²) >= 11 is 0. The normalized spacial score (nSPS) is 14.9. The van der Waals surface area contributed by atoms with E-state index in [4.69, 9.17) is 9.47 Å². The Balaban J connectivity index is 1.88. The van der Waals surface area contributed by atoms with Gasteiger partial charge in [-0.1, -0.05) is 0 Å². The topological polar surface area (TPSA) is 47.1 Å². The molecule has 0 fully saturated rings. The largest absolute Gasteiger partial charge is 0.486 e. The zero-order valence-corrected chi connectivity index (χ0v) is 9.88. The lowest BCUT2D eigenvalue weighted by molar-refractivity contribution is -0.134. The number of nitrogens with one attached hydrogen (secondary N) is 1. The summed E-state index contributed by atoms with van der Waals surface area (Å²) < 4.78 is 47.3. The summed E-state index contributed by atoms with van der Waals surface area (Å²) in [6, 6.07) is 3.38. The number of hydrogen-bond acceptors (Lipinski definition) is 3. The van der Waals surface area contributed by atoms with Gasteiger partial charge in [-0.3, -0.25) is 0 Å². The molecule has 1 aromatic heterocycles. The van der Waals surface area contributed by atoms with Crippen molar-refractivity contribution in [3.05, 3.63) is 18.0 Å². The Morgan fingerprint density at radius 2 is 1.84 bits per heavy atom. The predicted molar refractivity (Wildman–Crippen MR) is 61.5 cm³/mol. The fourth-order valence-corrected chi connectivity index (χ4v) is 1.98. The predicted octanol–water partition coefficient (Wildman–Crippen LogP) is 2.83. The molecule has 0 aliphatic carbocycles. The maximum Gasteiger partial charge on any atom is 0.389 e. The molecular formula is C12H11F3N2O2. The number of aromatic amines is 1. The first-order valence-corrected chi connectivity index (χ1v) is 5.86. The number of H-pyrrole nitrogens is 1. The number of hydrogen-bond donors (Lipinski definition) is 1. The fourth-order valence-electron chi connectivity index (χ4n) is 1.98. The smallest absolute Gasteiger partial charge is 0.389 e. The highest BCUT2D eigenvalue weighted by molar-refractivity contribution is 5.79. The SMILES string of the molecule is FC(F)(F)CCc1nc2cc3c(cc2[nH]1)OCCO3. The number of benzene rings is 1. The van der Waals surface area contributed by atoms with Crippen LogP contribution in [0.3, 0.4) is 0 Å². The second-order valence-corrected chi connectivity index (χ2v) is 4.31. The standard InChI is InChI=1S/C12H11F3N2O2/c13-12(14,15)2-1-11-16-7-5-9-10(6-8(7)17-11)19-4-3-18-9/h5-6H,1-4H2,(H,16,17). The Labute approximate surface area is 106 Å². The molecule has 0 atom stereocenters. The second kappa shape index (κ2) is 4.32. The van der Waals surface area contributed by atoms with Gasteiger partial charge in [0, 0.05) is 18.6 Å². The van der Waals surface area contributed by atoms with E-state index in [1.54, 1.807) is 12.1 Å². The minimum absolute atomic E-state index is 0.162. The van der Waals surface area contributed by atoms with Crippen LogP contribution in [0.25, 0.3) is 11.0 Å². The molecule has 1 aromatic carbocycles. The van der Waals surface area contributed by atoms with Gasteiger partial charge in [-0.25, -0.2) is 4.98 Å². The van der Waals surface area contributed by atoms with Crippen molar-refractivity contribution in [2.75, 3.05) is 13.2 Å². The van der Waals surface area contributed by atoms with Crippen LogP contribution in [0.5, 0.6) is 11.5 Å². The molecule has 0 unspecified atom stereocenters. The van der Waals surface area contributed by atoms with Gasteiger partial charge in [0.2, 0.25) is 0 Å². The zero-order chi connectivity index (χ0) is 13.5. The Morgan fingerprint density at radius 3 is 2.53 bits per heavy atom. The monoisotopic (exact) mass is 272 g/mol. The van der Waals surface area contributed by atoms with E-state index in [2.05, 4.69) is 9.97 Å². The zero-order valence-electron chi connectivity index (χ0n) is 9.88. The molecule has 0 radical (unpaired) electrons. The maximum atomic E-state index is 12.2. The Bertz CT molecular complexity index is 564. The minimum atomic E-state index is -4.18. The van der Waals surface area contributed by atoms with Gasteiger partial charge in [-0.2, -0.15) is 13.2 Å². The van der Waals surface area contributed by atoms with Crippen molar-refractivity contribution >= 4 is 11.0 Å². The summed E-state index contributed by atoms with van der Waals surface area (Å²) in [6.45, 7) is 0.928. The Hall–Kier alpha value is -1.92. The molecular weight excluding hydrogens is 261 g/mol. The van der Waals surface area contributed by atoms with E-state index in [9.17, 15) is 13.2 Å². The summed E-state index contributed by atoms with van der Waals surface area (Å²) in [5.41, 5.74) is 1.24. The van der Waals surface area contributed by atoms with Crippen molar-refractivity contribution in [1.29, 1.82) is 0 Å². The lowest BCUT2D eigenvalue weighted by atomic mass is 10.2. The van der Waals surface area contributed by atoms with E-state index >= 15 is 0 Å². The first kappa shape index (κ1) is 12.1. The molecule has 1 aliphatic rings. The van der Waals surface area contributed by atoms with Crippen LogP contribution in [0, 0.1) is 0 Å². The highest BCUT2D eigenvalue weighted by Gasteiger charge is 2.27. The number of aromatic nitrogens is 2. The molecule has 4 nitrogen and oxygen atoms in total. The van der Waals surface area contributed by atoms with Crippen molar-refractivity contribution in [3.8, 4) is 11.5 Å². The van der Waals surface area contributed by atoms with Crippen LogP contribution in [0.1, 0.15) is 12.2 Å². The van der Waals surface area contributed by atoms with Crippen LogP contribution in [-0.4, -0.2) is 29.4 Å². The number of halogens is 3. The van der Waals surface area contributed by atoms with Gasteiger partial charge in [-0.15, -0.1) is 0 Å². The van der Waals surface area contributed by atoms with Gasteiger partial charge < -0.3 is 14.5 Å². The lowest BCUT2D eigenvalue weighted by Gasteiger charge is -2.17. The van der Waals surface area contributed by atoms with E-state index in [1.165, 1.54) is 0 Å². The fraction of sp³-hybridized carbons (Fsp3) is 0.417. The van der Waals surface area contributed by atoms with Crippen molar-refractivity contribution in [3.63, 3.8) is 0 Å². The van der Waals surface area contributed by atoms with E-state index in [-0.39, 0.29) is 6.42 Å². The first-order valence-electron chi connectivity index (χ1n) is 5.86. The highest BCUT2D eigenvalue weighted by Crippen LogP contribution is 2.34. The van der Waals surface area contributed by atoms with Crippen LogP contribution in [0.2, 0.25) is 0 Å². The number of imidazole rings is 1. The van der Waals surface area contributed by atoms with Crippen LogP contribution in [-0.2, 0) is 6.42 Å². The molecule has 2 heterocycles. The van der Waals surface area contributed by atoms with Gasteiger partial charge in [0.15, 0.2) is 11.5 Å². The van der Waals surface area contributed by atoms with Gasteiger partial charge >= 0.3 is 6.18 Å². The van der Waals surface area contributed by atoms with Gasteiger partial charge in [0.05, 0.1) is 17.5 Å². The van der Waals surface area contributed by atoms with Gasteiger partial charge in [-0.05, 0) is 0 Å². The van der Waals surface area contributed by atoms with E-state index in [0.29, 0.717) is 41.6 Å². The van der Waals surface area contributed by atoms with Crippen molar-refractivity contribution in [2.24, 2.45) is 0 Å². The number of ether oxygens (including phenoxy) is 2. The van der Waals surface area contributed by atoms with Crippen LogP contribution in [0.15, 0.2) is 12.1 Å². The van der Waals surface area contributed by atoms with Gasteiger partial charge in [0.1, 0.15) is 19.0 Å². The summed E-state index contributed by atoms with van der Waals surface area (Å²) in [5, 5.41) is 0. The number of aryl methyl sites for hydroxylation is 1. The molecule has 7 heteroatoms. The Morgan fingerprint density at radius 1 is 1.16 bits per heavy atom. The molecule has 3 rings (SSSR count). The second-order valence-electron chi connectivity index (χ2n) is 4.31. The third-order valence-corrected chi connectivity index (χ3v) is 2.84. The number of rotatable bonds is 2.